The van der Waals surface area contributed by atoms with Crippen LogP contribution in [0, 0.1) is 17.1 Å². The van der Waals surface area contributed by atoms with Gasteiger partial charge in [-0.25, -0.2) is 14.2 Å². The number of hydrogen-bond donors (Lipinski definition) is 0. The molecule has 5 rings (SSSR count). The predicted molar refractivity (Wildman–Crippen MR) is 156 cm³/mol. The molecule has 0 N–H and O–H groups in total. The fourth-order valence-corrected chi connectivity index (χ4v) is 6.10. The number of halogens is 6. The van der Waals surface area contributed by atoms with Crippen LogP contribution >= 0.6 is 23.2 Å². The van der Waals surface area contributed by atoms with Gasteiger partial charge in [-0.2, -0.15) is 18.4 Å². The van der Waals surface area contributed by atoms with Crippen molar-refractivity contribution in [2.45, 2.75) is 24.7 Å². The second-order valence-electron chi connectivity index (χ2n) is 10.7. The lowest BCUT2D eigenvalue weighted by Gasteiger charge is -2.37. The van der Waals surface area contributed by atoms with Crippen molar-refractivity contribution in [1.29, 1.82) is 5.26 Å². The molecule has 0 spiro atoms. The number of nitriles is 1. The number of urea groups is 1. The number of amides is 2. The van der Waals surface area contributed by atoms with E-state index in [4.69, 9.17) is 23.2 Å². The van der Waals surface area contributed by atoms with E-state index >= 15 is 0 Å². The SMILES string of the molecule is CN(Cc1ccc(C(F)(F)F)c(F)c1)C1CN(C(=O)N2CCN(c3ncccc3C#N)CC2)CC1c1ccc(Cl)c(Cl)c1. The third-order valence-electron chi connectivity index (χ3n) is 8.03. The number of carbonyl (C=O) groups excluding carboxylic acids is 1. The molecule has 0 bridgehead atoms. The van der Waals surface area contributed by atoms with Gasteiger partial charge in [0.2, 0.25) is 0 Å². The minimum atomic E-state index is -4.78. The van der Waals surface area contributed by atoms with Crippen molar-refractivity contribution in [2.75, 3.05) is 51.2 Å². The fraction of sp³-hybridized carbons (Fsp3) is 0.367. The maximum atomic E-state index is 14.3. The number of benzene rings is 2. The molecule has 7 nitrogen and oxygen atoms in total. The number of likely N-dealkylation sites (tertiary alicyclic amines) is 1. The summed E-state index contributed by atoms with van der Waals surface area (Å²) in [6, 6.07) is 13.4. The van der Waals surface area contributed by atoms with E-state index in [1.807, 2.05) is 15.9 Å². The molecular formula is C30H28Cl2F4N6O. The molecule has 0 radical (unpaired) electrons. The van der Waals surface area contributed by atoms with Crippen LogP contribution in [0.25, 0.3) is 0 Å². The molecule has 43 heavy (non-hydrogen) atoms. The molecule has 3 aromatic rings. The number of rotatable bonds is 5. The van der Waals surface area contributed by atoms with E-state index in [1.165, 1.54) is 6.07 Å². The van der Waals surface area contributed by atoms with E-state index in [2.05, 4.69) is 11.1 Å². The van der Waals surface area contributed by atoms with Crippen molar-refractivity contribution < 1.29 is 22.4 Å². The summed E-state index contributed by atoms with van der Waals surface area (Å²) < 4.78 is 53.5. The zero-order valence-corrected chi connectivity index (χ0v) is 24.7. The molecule has 2 amide bonds. The second-order valence-corrected chi connectivity index (χ2v) is 11.5. The van der Waals surface area contributed by atoms with Crippen LogP contribution in [0.1, 0.15) is 28.2 Å². The van der Waals surface area contributed by atoms with Crippen molar-refractivity contribution in [3.63, 3.8) is 0 Å². The Bertz CT molecular complexity index is 1540. The largest absolute Gasteiger partial charge is 0.419 e. The first-order valence-corrected chi connectivity index (χ1v) is 14.4. The van der Waals surface area contributed by atoms with E-state index in [1.54, 1.807) is 47.3 Å². The van der Waals surface area contributed by atoms with Gasteiger partial charge >= 0.3 is 12.2 Å². The topological polar surface area (TPSA) is 66.7 Å². The van der Waals surface area contributed by atoms with Crippen LogP contribution in [-0.4, -0.2) is 78.1 Å². The third-order valence-corrected chi connectivity index (χ3v) is 8.76. The van der Waals surface area contributed by atoms with Crippen molar-refractivity contribution in [2.24, 2.45) is 0 Å². The number of likely N-dealkylation sites (N-methyl/N-ethyl adjacent to an activating group) is 1. The predicted octanol–water partition coefficient (Wildman–Crippen LogP) is 6.26. The summed E-state index contributed by atoms with van der Waals surface area (Å²) in [6.45, 7) is 2.83. The average molecular weight is 635 g/mol. The highest BCUT2D eigenvalue weighted by atomic mass is 35.5. The molecule has 1 aromatic heterocycles. The summed E-state index contributed by atoms with van der Waals surface area (Å²) in [5.41, 5.74) is 0.416. The van der Waals surface area contributed by atoms with Crippen molar-refractivity contribution in [1.82, 2.24) is 19.7 Å². The lowest BCUT2D eigenvalue weighted by atomic mass is 9.93. The van der Waals surface area contributed by atoms with Gasteiger partial charge in [-0.3, -0.25) is 4.90 Å². The summed E-state index contributed by atoms with van der Waals surface area (Å²) >= 11 is 12.5. The average Bonchev–Trinajstić information content (AvgIpc) is 3.43. The van der Waals surface area contributed by atoms with Gasteiger partial charge < -0.3 is 14.7 Å². The highest BCUT2D eigenvalue weighted by Gasteiger charge is 2.41. The first-order chi connectivity index (χ1) is 20.5. The van der Waals surface area contributed by atoms with Crippen molar-refractivity contribution in [3.05, 3.63) is 92.8 Å². The molecular weight excluding hydrogens is 607 g/mol. The number of nitrogens with zero attached hydrogens (tertiary/aromatic N) is 6. The van der Waals surface area contributed by atoms with Crippen LogP contribution in [-0.2, 0) is 12.7 Å². The van der Waals surface area contributed by atoms with Crippen LogP contribution in [0.4, 0.5) is 28.2 Å². The molecule has 13 heteroatoms. The summed E-state index contributed by atoms with van der Waals surface area (Å²) in [7, 11) is 1.80. The monoisotopic (exact) mass is 634 g/mol. The summed E-state index contributed by atoms with van der Waals surface area (Å²) in [4.78, 5) is 25.5. The Morgan fingerprint density at radius 2 is 1.79 bits per heavy atom. The van der Waals surface area contributed by atoms with E-state index in [0.717, 1.165) is 17.7 Å². The Morgan fingerprint density at radius 3 is 2.44 bits per heavy atom. The molecule has 2 saturated heterocycles. The van der Waals surface area contributed by atoms with E-state index in [0.29, 0.717) is 66.3 Å². The van der Waals surface area contributed by atoms with Crippen molar-refractivity contribution in [3.8, 4) is 6.07 Å². The third kappa shape index (κ3) is 6.66. The number of anilines is 1. The highest BCUT2D eigenvalue weighted by molar-refractivity contribution is 6.42. The Hall–Kier alpha value is -3.59. The van der Waals surface area contributed by atoms with E-state index < -0.39 is 17.6 Å². The van der Waals surface area contributed by atoms with Crippen LogP contribution in [0.2, 0.25) is 10.0 Å². The maximum Gasteiger partial charge on any atom is 0.419 e. The number of aromatic nitrogens is 1. The van der Waals surface area contributed by atoms with Gasteiger partial charge in [0.1, 0.15) is 17.7 Å². The minimum Gasteiger partial charge on any atom is -0.352 e. The molecule has 0 aliphatic carbocycles. The van der Waals surface area contributed by atoms with Crippen molar-refractivity contribution >= 4 is 35.1 Å². The Morgan fingerprint density at radius 1 is 1.05 bits per heavy atom. The minimum absolute atomic E-state index is 0.136. The van der Waals surface area contributed by atoms with Gasteiger partial charge in [-0.1, -0.05) is 35.3 Å². The fourth-order valence-electron chi connectivity index (χ4n) is 5.80. The Kier molecular flexibility index (Phi) is 9.02. The van der Waals surface area contributed by atoms with E-state index in [-0.39, 0.29) is 24.5 Å². The first-order valence-electron chi connectivity index (χ1n) is 13.6. The van der Waals surface area contributed by atoms with Gasteiger partial charge in [0.25, 0.3) is 0 Å². The summed E-state index contributed by atoms with van der Waals surface area (Å²) in [6.07, 6.45) is -3.14. The highest BCUT2D eigenvalue weighted by Crippen LogP contribution is 2.36. The van der Waals surface area contributed by atoms with Gasteiger partial charge in [0.05, 0.1) is 21.2 Å². The number of hydrogen-bond acceptors (Lipinski definition) is 5. The van der Waals surface area contributed by atoms with Crippen LogP contribution in [0.5, 0.6) is 0 Å². The molecule has 3 heterocycles. The van der Waals surface area contributed by atoms with E-state index in [9.17, 15) is 27.6 Å². The lowest BCUT2D eigenvalue weighted by Crippen LogP contribution is -2.53. The number of carbonyl (C=O) groups is 1. The summed E-state index contributed by atoms with van der Waals surface area (Å²) in [5, 5.41) is 10.2. The van der Waals surface area contributed by atoms with Crippen LogP contribution < -0.4 is 4.90 Å². The number of pyridine rings is 1. The zero-order chi connectivity index (χ0) is 30.9. The second kappa shape index (κ2) is 12.6. The molecule has 2 atom stereocenters. The Balaban J connectivity index is 1.32. The zero-order valence-electron chi connectivity index (χ0n) is 23.2. The molecule has 2 unspecified atom stereocenters. The number of alkyl halides is 3. The van der Waals surface area contributed by atoms with Crippen LogP contribution in [0.15, 0.2) is 54.7 Å². The Labute approximate surface area is 256 Å². The van der Waals surface area contributed by atoms with Gasteiger partial charge in [-0.15, -0.1) is 0 Å². The molecule has 0 saturated carbocycles. The standard InChI is InChI=1S/C30H28Cl2F4N6O/c1-39(16-19-4-6-23(26(33)13-19)30(34,35)36)27-18-42(17-22(27)20-5-7-24(31)25(32)14-20)29(43)41-11-9-40(10-12-41)28-21(15-37)3-2-8-38-28/h2-8,13-14,22,27H,9-12,16-18H2,1H3. The normalized spacial score (nSPS) is 19.2. The quantitative estimate of drug-likeness (QED) is 0.310. The smallest absolute Gasteiger partial charge is 0.352 e. The summed E-state index contributed by atoms with van der Waals surface area (Å²) in [5.74, 6) is -0.912. The lowest BCUT2D eigenvalue weighted by molar-refractivity contribution is -0.140. The molecule has 2 aliphatic heterocycles. The molecule has 2 fully saturated rings. The van der Waals surface area contributed by atoms with Gasteiger partial charge in [0.15, 0.2) is 0 Å². The first kappa shape index (κ1) is 30.9. The van der Waals surface area contributed by atoms with Crippen LogP contribution in [0.3, 0.4) is 0 Å². The molecule has 2 aromatic carbocycles. The van der Waals surface area contributed by atoms with Gasteiger partial charge in [-0.05, 0) is 54.6 Å². The number of piperazine rings is 1. The maximum absolute atomic E-state index is 14.3. The molecule has 2 aliphatic rings. The van der Waals surface area contributed by atoms with Gasteiger partial charge in [0, 0.05) is 64.0 Å². The molecule has 226 valence electrons.